The lowest BCUT2D eigenvalue weighted by Gasteiger charge is -2.13. The molecule has 1 amide bonds. The highest BCUT2D eigenvalue weighted by Crippen LogP contribution is 2.24. The maximum atomic E-state index is 11.8. The van der Waals surface area contributed by atoms with E-state index in [1.54, 1.807) is 29.5 Å². The van der Waals surface area contributed by atoms with Crippen molar-refractivity contribution in [2.24, 2.45) is 0 Å². The van der Waals surface area contributed by atoms with Crippen LogP contribution in [0.5, 0.6) is 5.75 Å². The smallest absolute Gasteiger partial charge is 0.258 e. The number of rotatable bonds is 5. The first-order valence-electron chi connectivity index (χ1n) is 5.96. The highest BCUT2D eigenvalue weighted by atomic mass is 35.5. The first-order valence-corrected chi connectivity index (χ1v) is 7.60. The lowest BCUT2D eigenvalue weighted by atomic mass is 10.3. The van der Waals surface area contributed by atoms with E-state index in [1.807, 2.05) is 24.4 Å². The zero-order chi connectivity index (χ0) is 14.5. The third-order valence-corrected chi connectivity index (χ3v) is 4.04. The van der Waals surface area contributed by atoms with Gasteiger partial charge in [0.2, 0.25) is 0 Å². The monoisotopic (exact) mass is 329 g/mol. The van der Waals surface area contributed by atoms with Gasteiger partial charge in [-0.2, -0.15) is 0 Å². The molecule has 3 nitrogen and oxygen atoms in total. The van der Waals surface area contributed by atoms with E-state index in [0.29, 0.717) is 15.8 Å². The lowest BCUT2D eigenvalue weighted by molar-refractivity contribution is -0.123. The fraction of sp³-hybridized carbons (Fsp3) is 0.214. The summed E-state index contributed by atoms with van der Waals surface area (Å²) in [6, 6.07) is 8.73. The van der Waals surface area contributed by atoms with Gasteiger partial charge in [-0.05, 0) is 36.6 Å². The molecule has 0 saturated carbocycles. The predicted molar refractivity (Wildman–Crippen MR) is 82.8 cm³/mol. The summed E-state index contributed by atoms with van der Waals surface area (Å²) in [6.07, 6.45) is 0. The Bertz CT molecular complexity index is 567. The summed E-state index contributed by atoms with van der Waals surface area (Å²) >= 11 is 13.3. The molecule has 1 N–H and O–H groups in total. The number of nitrogens with one attached hydrogen (secondary N) is 1. The van der Waals surface area contributed by atoms with Gasteiger partial charge in [0.05, 0.1) is 6.04 Å². The largest absolute Gasteiger partial charge is 0.484 e. The Balaban J connectivity index is 1.86. The van der Waals surface area contributed by atoms with Crippen LogP contribution in [0.1, 0.15) is 17.8 Å². The van der Waals surface area contributed by atoms with Crippen LogP contribution in [-0.4, -0.2) is 12.5 Å². The molecular formula is C14H13Cl2NO2S. The predicted octanol–water partition coefficient (Wildman–Crippen LogP) is 4.31. The second kappa shape index (κ2) is 6.97. The van der Waals surface area contributed by atoms with Gasteiger partial charge in [0.15, 0.2) is 6.61 Å². The van der Waals surface area contributed by atoms with Crippen molar-refractivity contribution in [2.75, 3.05) is 6.61 Å². The van der Waals surface area contributed by atoms with Gasteiger partial charge in [-0.15, -0.1) is 11.3 Å². The van der Waals surface area contributed by atoms with Crippen molar-refractivity contribution < 1.29 is 9.53 Å². The van der Waals surface area contributed by atoms with Gasteiger partial charge in [-0.25, -0.2) is 0 Å². The molecular weight excluding hydrogens is 317 g/mol. The average Bonchev–Trinajstić information content (AvgIpc) is 2.89. The van der Waals surface area contributed by atoms with E-state index >= 15 is 0 Å². The number of hydrogen-bond donors (Lipinski definition) is 1. The van der Waals surface area contributed by atoms with Crippen molar-refractivity contribution in [3.05, 3.63) is 50.6 Å². The van der Waals surface area contributed by atoms with Gasteiger partial charge in [0.25, 0.3) is 5.91 Å². The third kappa shape index (κ3) is 4.40. The Kier molecular flexibility index (Phi) is 5.29. The van der Waals surface area contributed by atoms with E-state index in [1.165, 1.54) is 0 Å². The topological polar surface area (TPSA) is 38.3 Å². The SMILES string of the molecule is C[C@H](NC(=O)COc1cc(Cl)cc(Cl)c1)c1cccs1. The van der Waals surface area contributed by atoms with Crippen molar-refractivity contribution in [1.82, 2.24) is 5.32 Å². The summed E-state index contributed by atoms with van der Waals surface area (Å²) in [6.45, 7) is 1.85. The summed E-state index contributed by atoms with van der Waals surface area (Å²) in [5.41, 5.74) is 0. The zero-order valence-electron chi connectivity index (χ0n) is 10.7. The second-order valence-corrected chi connectivity index (χ2v) is 6.05. The summed E-state index contributed by atoms with van der Waals surface area (Å²) in [5.74, 6) is 0.281. The second-order valence-electron chi connectivity index (χ2n) is 4.20. The van der Waals surface area contributed by atoms with Crippen LogP contribution in [-0.2, 0) is 4.79 Å². The molecule has 106 valence electrons. The van der Waals surface area contributed by atoms with Crippen molar-refractivity contribution in [1.29, 1.82) is 0 Å². The van der Waals surface area contributed by atoms with E-state index in [2.05, 4.69) is 5.32 Å². The highest BCUT2D eigenvalue weighted by molar-refractivity contribution is 7.10. The van der Waals surface area contributed by atoms with E-state index < -0.39 is 0 Å². The molecule has 1 aromatic carbocycles. The van der Waals surface area contributed by atoms with Crippen LogP contribution < -0.4 is 10.1 Å². The lowest BCUT2D eigenvalue weighted by Crippen LogP contribution is -2.30. The van der Waals surface area contributed by atoms with Crippen LogP contribution in [0.3, 0.4) is 0 Å². The molecule has 0 aliphatic rings. The number of benzene rings is 1. The van der Waals surface area contributed by atoms with Gasteiger partial charge in [-0.1, -0.05) is 29.3 Å². The van der Waals surface area contributed by atoms with Crippen molar-refractivity contribution in [3.63, 3.8) is 0 Å². The first kappa shape index (κ1) is 15.2. The molecule has 0 aliphatic carbocycles. The normalized spacial score (nSPS) is 11.9. The number of carbonyl (C=O) groups excluding carboxylic acids is 1. The van der Waals surface area contributed by atoms with Gasteiger partial charge in [0.1, 0.15) is 5.75 Å². The molecule has 0 spiro atoms. The molecule has 0 aliphatic heterocycles. The van der Waals surface area contributed by atoms with Crippen LogP contribution in [0.4, 0.5) is 0 Å². The Hall–Kier alpha value is -1.23. The molecule has 0 radical (unpaired) electrons. The van der Waals surface area contributed by atoms with Gasteiger partial charge >= 0.3 is 0 Å². The summed E-state index contributed by atoms with van der Waals surface area (Å²) in [7, 11) is 0. The molecule has 1 aromatic heterocycles. The molecule has 0 fully saturated rings. The first-order chi connectivity index (χ1) is 9.54. The number of thiophene rings is 1. The maximum absolute atomic E-state index is 11.8. The summed E-state index contributed by atoms with van der Waals surface area (Å²) < 4.78 is 5.37. The Morgan fingerprint density at radius 2 is 2.05 bits per heavy atom. The molecule has 0 saturated heterocycles. The minimum absolute atomic E-state index is 0.0333. The number of amides is 1. The van der Waals surface area contributed by atoms with Crippen molar-refractivity contribution in [3.8, 4) is 5.75 Å². The molecule has 0 bridgehead atoms. The van der Waals surface area contributed by atoms with Crippen LogP contribution >= 0.6 is 34.5 Å². The Morgan fingerprint density at radius 3 is 2.65 bits per heavy atom. The van der Waals surface area contributed by atoms with Gasteiger partial charge in [0, 0.05) is 14.9 Å². The molecule has 20 heavy (non-hydrogen) atoms. The minimum Gasteiger partial charge on any atom is -0.484 e. The van der Waals surface area contributed by atoms with E-state index in [4.69, 9.17) is 27.9 Å². The molecule has 1 atom stereocenters. The number of halogens is 2. The van der Waals surface area contributed by atoms with Crippen LogP contribution in [0, 0.1) is 0 Å². The Labute approximate surface area is 131 Å². The number of carbonyl (C=O) groups is 1. The quantitative estimate of drug-likeness (QED) is 0.887. The van der Waals surface area contributed by atoms with E-state index in [0.717, 1.165) is 4.88 Å². The molecule has 1 heterocycles. The molecule has 6 heteroatoms. The number of ether oxygens (including phenoxy) is 1. The average molecular weight is 330 g/mol. The maximum Gasteiger partial charge on any atom is 0.258 e. The fourth-order valence-corrected chi connectivity index (χ4v) is 2.89. The van der Waals surface area contributed by atoms with Gasteiger partial charge in [-0.3, -0.25) is 4.79 Å². The molecule has 0 unspecified atom stereocenters. The zero-order valence-corrected chi connectivity index (χ0v) is 13.1. The third-order valence-electron chi connectivity index (χ3n) is 2.55. The minimum atomic E-state index is -0.193. The van der Waals surface area contributed by atoms with Crippen LogP contribution in [0.2, 0.25) is 10.0 Å². The highest BCUT2D eigenvalue weighted by Gasteiger charge is 2.11. The van der Waals surface area contributed by atoms with E-state index in [-0.39, 0.29) is 18.6 Å². The molecule has 2 rings (SSSR count). The fourth-order valence-electron chi connectivity index (χ4n) is 1.65. The summed E-state index contributed by atoms with van der Waals surface area (Å²) in [5, 5.41) is 5.78. The van der Waals surface area contributed by atoms with Crippen molar-refractivity contribution >= 4 is 40.4 Å². The van der Waals surface area contributed by atoms with E-state index in [9.17, 15) is 4.79 Å². The van der Waals surface area contributed by atoms with Crippen molar-refractivity contribution in [2.45, 2.75) is 13.0 Å². The van der Waals surface area contributed by atoms with Gasteiger partial charge < -0.3 is 10.1 Å². The Morgan fingerprint density at radius 1 is 1.35 bits per heavy atom. The summed E-state index contributed by atoms with van der Waals surface area (Å²) in [4.78, 5) is 12.9. The van der Waals surface area contributed by atoms with Crippen LogP contribution in [0.15, 0.2) is 35.7 Å². The number of hydrogen-bond acceptors (Lipinski definition) is 3. The molecule has 2 aromatic rings. The van der Waals surface area contributed by atoms with Crippen LogP contribution in [0.25, 0.3) is 0 Å². The standard InChI is InChI=1S/C14H13Cl2NO2S/c1-9(13-3-2-4-20-13)17-14(18)8-19-12-6-10(15)5-11(16)7-12/h2-7,9H,8H2,1H3,(H,17,18)/t9-/m0/s1.